The average Bonchev–Trinajstić information content (AvgIpc) is 3.36. The van der Waals surface area contributed by atoms with E-state index in [9.17, 15) is 35.1 Å². The first-order valence-corrected chi connectivity index (χ1v) is 27.8. The van der Waals surface area contributed by atoms with Gasteiger partial charge < -0.3 is 45.1 Å². The van der Waals surface area contributed by atoms with Gasteiger partial charge in [0.1, 0.15) is 24.4 Å². The van der Waals surface area contributed by atoms with Gasteiger partial charge in [-0.05, 0) is 116 Å². The Kier molecular flexibility index (Phi) is 44.6. The summed E-state index contributed by atoms with van der Waals surface area (Å²) in [7, 11) is 0. The number of rotatable bonds is 46. The van der Waals surface area contributed by atoms with Crippen LogP contribution in [0.3, 0.4) is 0 Å². The molecule has 6 N–H and O–H groups in total. The van der Waals surface area contributed by atoms with E-state index in [0.717, 1.165) is 103 Å². The second-order valence-electron chi connectivity index (χ2n) is 18.9. The van der Waals surface area contributed by atoms with Crippen molar-refractivity contribution in [1.29, 1.82) is 0 Å². The minimum Gasteiger partial charge on any atom is -0.466 e. The molecule has 0 spiro atoms. The Balaban J connectivity index is 2.10. The van der Waals surface area contributed by atoms with Crippen molar-refractivity contribution >= 4 is 11.9 Å². The molecule has 1 fully saturated rings. The van der Waals surface area contributed by atoms with Crippen molar-refractivity contribution in [2.24, 2.45) is 0 Å². The van der Waals surface area contributed by atoms with Gasteiger partial charge in [-0.3, -0.25) is 9.59 Å². The Morgan fingerprint density at radius 3 is 1.66 bits per heavy atom. The number of carbonyl (C=O) groups is 2. The third-order valence-corrected chi connectivity index (χ3v) is 12.6. The summed E-state index contributed by atoms with van der Waals surface area (Å²) in [6, 6.07) is -0.852. The number of ether oxygens (including phenoxy) is 3. The second kappa shape index (κ2) is 48.1. The average molecular weight is 984 g/mol. The molecule has 402 valence electrons. The monoisotopic (exact) mass is 984 g/mol. The van der Waals surface area contributed by atoms with E-state index >= 15 is 0 Å². The fourth-order valence-corrected chi connectivity index (χ4v) is 8.08. The zero-order valence-electron chi connectivity index (χ0n) is 43.9. The van der Waals surface area contributed by atoms with Gasteiger partial charge in [-0.2, -0.15) is 0 Å². The molecule has 1 rings (SSSR count). The lowest BCUT2D eigenvalue weighted by molar-refractivity contribution is -0.302. The van der Waals surface area contributed by atoms with Gasteiger partial charge in [0.05, 0.1) is 32.0 Å². The Hall–Kier alpha value is -3.16. The van der Waals surface area contributed by atoms with Crippen molar-refractivity contribution in [1.82, 2.24) is 5.32 Å². The number of aliphatic hydroxyl groups is 5. The fourth-order valence-electron chi connectivity index (χ4n) is 8.08. The first-order valence-electron chi connectivity index (χ1n) is 27.8. The highest BCUT2D eigenvalue weighted by atomic mass is 16.7. The summed E-state index contributed by atoms with van der Waals surface area (Å²) in [5.74, 6) is -0.277. The second-order valence-corrected chi connectivity index (χ2v) is 18.9. The predicted molar refractivity (Wildman–Crippen MR) is 287 cm³/mol. The third-order valence-electron chi connectivity index (χ3n) is 12.6. The number of aliphatic hydroxyl groups excluding tert-OH is 5. The van der Waals surface area contributed by atoms with Crippen LogP contribution in [0.15, 0.2) is 85.1 Å². The van der Waals surface area contributed by atoms with Crippen LogP contribution in [0.5, 0.6) is 0 Å². The number of amides is 1. The molecule has 0 saturated carbocycles. The Labute approximate surface area is 425 Å². The van der Waals surface area contributed by atoms with E-state index in [0.29, 0.717) is 32.3 Å². The number of nitrogens with one attached hydrogen (secondary N) is 1. The SMILES string of the molecule is C/C=C/CC/C=C/CC/C=C/C(O)C(COC1OC(CO)C(O)C(O)C1O)NC(=O)CCCCCCCC/C=C\C=C/CCCCCOC(=O)CCCCCCCCC/C=C\C/C=C\CCCCCC. The van der Waals surface area contributed by atoms with Gasteiger partial charge in [-0.1, -0.05) is 169 Å². The van der Waals surface area contributed by atoms with Crippen LogP contribution in [0, 0.1) is 0 Å². The fraction of sp³-hybridized carbons (Fsp3) is 0.729. The van der Waals surface area contributed by atoms with Crippen molar-refractivity contribution in [2.75, 3.05) is 19.8 Å². The van der Waals surface area contributed by atoms with E-state index in [1.54, 1.807) is 6.08 Å². The molecule has 7 atom stereocenters. The largest absolute Gasteiger partial charge is 0.466 e. The summed E-state index contributed by atoms with van der Waals surface area (Å²) < 4.78 is 16.6. The van der Waals surface area contributed by atoms with Crippen LogP contribution >= 0.6 is 0 Å². The Bertz CT molecular complexity index is 1440. The molecular formula is C59H101NO10. The number of hydrogen-bond donors (Lipinski definition) is 6. The quantitative estimate of drug-likeness (QED) is 0.0149. The number of allylic oxidation sites excluding steroid dienone is 13. The van der Waals surface area contributed by atoms with Gasteiger partial charge in [0.2, 0.25) is 5.91 Å². The molecule has 1 saturated heterocycles. The van der Waals surface area contributed by atoms with E-state index in [4.69, 9.17) is 14.2 Å². The highest BCUT2D eigenvalue weighted by Gasteiger charge is 2.44. The third kappa shape index (κ3) is 37.6. The standard InChI is InChI=1S/C59H101NO10/c1-3-5-7-9-11-13-14-15-16-17-18-21-24-27-31-35-39-43-47-55(64)68-48-44-40-36-32-28-25-22-19-20-23-26-30-34-38-42-46-54(63)60-51(52(62)45-41-37-33-29-12-10-8-6-4-2)50-69-59-58(67)57(66)56(65)53(49-61)70-59/h4,6,12-14,16-17,19,22,25,28-29,41,45,51-53,56-59,61-62,65-67H,3,5,7-11,15,18,20-21,23-24,26-27,30-40,42-44,46-50H2,1-2H3,(H,60,63)/b6-4+,14-13-,17-16-,22-19-,28-25-,29-12+,45-41+. The molecular weight excluding hydrogens is 883 g/mol. The molecule has 1 aliphatic heterocycles. The van der Waals surface area contributed by atoms with Gasteiger partial charge in [0.25, 0.3) is 0 Å². The van der Waals surface area contributed by atoms with Crippen molar-refractivity contribution in [3.63, 3.8) is 0 Å². The Morgan fingerprint density at radius 2 is 1.07 bits per heavy atom. The molecule has 1 amide bonds. The smallest absolute Gasteiger partial charge is 0.305 e. The Morgan fingerprint density at radius 1 is 0.571 bits per heavy atom. The van der Waals surface area contributed by atoms with Crippen LogP contribution in [0.25, 0.3) is 0 Å². The van der Waals surface area contributed by atoms with Crippen LogP contribution < -0.4 is 5.32 Å². The minimum atomic E-state index is -1.59. The van der Waals surface area contributed by atoms with Crippen LogP contribution in [-0.2, 0) is 23.8 Å². The number of hydrogen-bond acceptors (Lipinski definition) is 10. The lowest BCUT2D eigenvalue weighted by Gasteiger charge is -2.40. The van der Waals surface area contributed by atoms with Gasteiger partial charge in [0, 0.05) is 12.8 Å². The predicted octanol–water partition coefficient (Wildman–Crippen LogP) is 12.2. The zero-order valence-corrected chi connectivity index (χ0v) is 43.9. The molecule has 0 aromatic carbocycles. The van der Waals surface area contributed by atoms with E-state index in [2.05, 4.69) is 79.1 Å². The molecule has 11 heteroatoms. The molecule has 1 heterocycles. The zero-order chi connectivity index (χ0) is 51.0. The van der Waals surface area contributed by atoms with E-state index in [1.165, 1.54) is 70.6 Å². The molecule has 0 bridgehead atoms. The number of unbranched alkanes of at least 4 members (excludes halogenated alkanes) is 22. The van der Waals surface area contributed by atoms with Crippen LogP contribution in [0.4, 0.5) is 0 Å². The molecule has 0 aliphatic carbocycles. The molecule has 0 aromatic rings. The number of carbonyl (C=O) groups excluding carboxylic acids is 2. The van der Waals surface area contributed by atoms with E-state index < -0.39 is 49.5 Å². The summed E-state index contributed by atoms with van der Waals surface area (Å²) in [5.41, 5.74) is 0. The normalized spacial score (nSPS) is 19.9. The van der Waals surface area contributed by atoms with Gasteiger partial charge in [-0.15, -0.1) is 0 Å². The summed E-state index contributed by atoms with van der Waals surface area (Å²) in [4.78, 5) is 25.0. The van der Waals surface area contributed by atoms with Crippen LogP contribution in [0.2, 0.25) is 0 Å². The lowest BCUT2D eigenvalue weighted by Crippen LogP contribution is -2.60. The first kappa shape index (κ1) is 64.9. The molecule has 7 unspecified atom stereocenters. The highest BCUT2D eigenvalue weighted by Crippen LogP contribution is 2.22. The van der Waals surface area contributed by atoms with Gasteiger partial charge >= 0.3 is 5.97 Å². The summed E-state index contributed by atoms with van der Waals surface area (Å²) in [6.07, 6.45) is 54.1. The van der Waals surface area contributed by atoms with E-state index in [1.807, 2.05) is 19.1 Å². The maximum absolute atomic E-state index is 13.0. The van der Waals surface area contributed by atoms with Crippen molar-refractivity contribution in [3.8, 4) is 0 Å². The van der Waals surface area contributed by atoms with Crippen LogP contribution in [-0.4, -0.2) is 100 Å². The molecule has 1 aliphatic rings. The first-order chi connectivity index (χ1) is 34.2. The van der Waals surface area contributed by atoms with Gasteiger partial charge in [-0.25, -0.2) is 0 Å². The summed E-state index contributed by atoms with van der Waals surface area (Å²) in [5, 5.41) is 54.0. The molecule has 70 heavy (non-hydrogen) atoms. The molecule has 0 radical (unpaired) electrons. The lowest BCUT2D eigenvalue weighted by atomic mass is 9.99. The summed E-state index contributed by atoms with van der Waals surface area (Å²) >= 11 is 0. The van der Waals surface area contributed by atoms with Crippen LogP contribution in [0.1, 0.15) is 213 Å². The van der Waals surface area contributed by atoms with E-state index in [-0.39, 0.29) is 18.5 Å². The maximum atomic E-state index is 13.0. The summed E-state index contributed by atoms with van der Waals surface area (Å²) in [6.45, 7) is 3.97. The molecule has 0 aromatic heterocycles. The highest BCUT2D eigenvalue weighted by molar-refractivity contribution is 5.76. The van der Waals surface area contributed by atoms with Gasteiger partial charge in [0.15, 0.2) is 6.29 Å². The minimum absolute atomic E-state index is 0.0516. The van der Waals surface area contributed by atoms with Crippen molar-refractivity contribution in [2.45, 2.75) is 256 Å². The van der Waals surface area contributed by atoms with Crippen molar-refractivity contribution < 1.29 is 49.3 Å². The van der Waals surface area contributed by atoms with Crippen molar-refractivity contribution in [3.05, 3.63) is 85.1 Å². The topological polar surface area (TPSA) is 175 Å². The maximum Gasteiger partial charge on any atom is 0.305 e. The molecule has 11 nitrogen and oxygen atoms in total. The number of esters is 1.